The summed E-state index contributed by atoms with van der Waals surface area (Å²) >= 11 is 0. The van der Waals surface area contributed by atoms with Crippen LogP contribution in [0.3, 0.4) is 0 Å². The highest BCUT2D eigenvalue weighted by molar-refractivity contribution is 5.90. The zero-order valence-corrected chi connectivity index (χ0v) is 26.3. The smallest absolute Gasteiger partial charge is 0.376 e. The predicted molar refractivity (Wildman–Crippen MR) is 166 cm³/mol. The third kappa shape index (κ3) is 6.28. The van der Waals surface area contributed by atoms with E-state index in [0.717, 1.165) is 11.1 Å². The van der Waals surface area contributed by atoms with E-state index in [2.05, 4.69) is 20.6 Å². The number of anilines is 3. The Hall–Kier alpha value is -5.24. The monoisotopic (exact) mass is 645 g/mol. The first-order valence-electron chi connectivity index (χ1n) is 15.2. The lowest BCUT2D eigenvalue weighted by Gasteiger charge is -2.29. The van der Waals surface area contributed by atoms with Crippen LogP contribution in [0, 0.1) is 0 Å². The molecule has 1 unspecified atom stereocenters. The minimum absolute atomic E-state index is 0.0639. The second-order valence-corrected chi connectivity index (χ2v) is 11.5. The second-order valence-electron chi connectivity index (χ2n) is 11.5. The van der Waals surface area contributed by atoms with Gasteiger partial charge in [0.15, 0.2) is 35.7 Å². The Kier molecular flexibility index (Phi) is 8.69. The number of carbonyl (C=O) groups is 4. The van der Waals surface area contributed by atoms with Crippen molar-refractivity contribution in [2.45, 2.75) is 63.3 Å². The first kappa shape index (κ1) is 31.7. The number of hydrogen-bond donors (Lipinski definition) is 2. The molecule has 14 heteroatoms. The number of ether oxygens (including phenoxy) is 5. The van der Waals surface area contributed by atoms with Crippen molar-refractivity contribution >= 4 is 41.2 Å². The fourth-order valence-corrected chi connectivity index (χ4v) is 6.26. The van der Waals surface area contributed by atoms with Crippen molar-refractivity contribution in [1.29, 1.82) is 0 Å². The number of fused-ring (bicyclic) bond motifs is 1. The summed E-state index contributed by atoms with van der Waals surface area (Å²) in [6, 6.07) is 20.0. The van der Waals surface area contributed by atoms with Gasteiger partial charge in [-0.3, -0.25) is 14.4 Å². The third-order valence-corrected chi connectivity index (χ3v) is 8.33. The number of benzene rings is 2. The summed E-state index contributed by atoms with van der Waals surface area (Å²) in [4.78, 5) is 59.8. The van der Waals surface area contributed by atoms with Crippen molar-refractivity contribution < 1.29 is 42.9 Å². The maximum absolute atomic E-state index is 12.8. The van der Waals surface area contributed by atoms with E-state index < -0.39 is 54.0 Å². The largest absolute Gasteiger partial charge is 0.463 e. The predicted octanol–water partition coefficient (Wildman–Crippen LogP) is 2.99. The molecule has 2 N–H and O–H groups in total. The van der Waals surface area contributed by atoms with Crippen LogP contribution in [0.4, 0.5) is 17.3 Å². The highest BCUT2D eigenvalue weighted by atomic mass is 16.7. The van der Waals surface area contributed by atoms with Gasteiger partial charge in [-0.05, 0) is 11.1 Å². The molecule has 1 spiro atoms. The summed E-state index contributed by atoms with van der Waals surface area (Å²) in [7, 11) is 1.23. The molecule has 1 aromatic heterocycles. The molecule has 14 nitrogen and oxygen atoms in total. The molecule has 47 heavy (non-hydrogen) atoms. The molecule has 0 bridgehead atoms. The molecule has 2 aromatic carbocycles. The van der Waals surface area contributed by atoms with Gasteiger partial charge in [0.25, 0.3) is 0 Å². The van der Waals surface area contributed by atoms with Crippen LogP contribution < -0.4 is 15.5 Å². The molecule has 3 aromatic rings. The number of aromatic nitrogens is 2. The Bertz CT molecular complexity index is 1630. The number of carbonyl (C=O) groups excluding carboxylic acids is 4. The van der Waals surface area contributed by atoms with Crippen molar-refractivity contribution in [2.24, 2.45) is 0 Å². The number of rotatable bonds is 10. The number of esters is 4. The van der Waals surface area contributed by atoms with E-state index in [4.69, 9.17) is 23.7 Å². The van der Waals surface area contributed by atoms with E-state index in [0.29, 0.717) is 18.1 Å². The first-order valence-corrected chi connectivity index (χ1v) is 15.2. The van der Waals surface area contributed by atoms with Gasteiger partial charge in [-0.1, -0.05) is 60.7 Å². The molecule has 1 saturated heterocycles. The van der Waals surface area contributed by atoms with Crippen LogP contribution in [0.25, 0.3) is 0 Å². The Labute approximate surface area is 270 Å². The molecule has 0 radical (unpaired) electrons. The van der Waals surface area contributed by atoms with Crippen molar-refractivity contribution in [3.63, 3.8) is 0 Å². The van der Waals surface area contributed by atoms with Crippen LogP contribution in [0.15, 0.2) is 60.7 Å². The third-order valence-electron chi connectivity index (χ3n) is 8.33. The zero-order chi connectivity index (χ0) is 33.3. The fraction of sp³-hybridized carbons (Fsp3) is 0.394. The SMILES string of the molecule is COC(=O)c1nc(NCC(c2ccccc2)c2ccccc2)c2c(n1)N([C@@H]1O[C@@]3(CC3OC(C)=O)[C@@H](OC(C)=O)[C@H]1OC(C)=O)CN2. The van der Waals surface area contributed by atoms with Gasteiger partial charge in [0.2, 0.25) is 5.82 Å². The van der Waals surface area contributed by atoms with Gasteiger partial charge < -0.3 is 39.2 Å². The van der Waals surface area contributed by atoms with Crippen molar-refractivity contribution in [3.8, 4) is 0 Å². The molecule has 0 amide bonds. The minimum atomic E-state index is -1.25. The fourth-order valence-electron chi connectivity index (χ4n) is 6.26. The lowest BCUT2D eigenvalue weighted by molar-refractivity contribution is -0.166. The maximum Gasteiger partial charge on any atom is 0.376 e. The Morgan fingerprint density at radius 3 is 2.13 bits per heavy atom. The van der Waals surface area contributed by atoms with Gasteiger partial charge in [-0.25, -0.2) is 14.8 Å². The van der Waals surface area contributed by atoms with Gasteiger partial charge in [0, 0.05) is 39.7 Å². The molecule has 6 rings (SSSR count). The Morgan fingerprint density at radius 1 is 0.936 bits per heavy atom. The van der Waals surface area contributed by atoms with Crippen LogP contribution in [0.1, 0.15) is 54.9 Å². The van der Waals surface area contributed by atoms with Crippen molar-refractivity contribution in [2.75, 3.05) is 35.9 Å². The standard InChI is InChI=1S/C33H35N5O9/c1-18(39)44-24-15-33(24)27(46-20(3)41)26(45-19(2)40)31(47-33)38-17-35-25-28(36-29(32(42)43-4)37-30(25)38)34-16-23(21-11-7-5-8-12-21)22-13-9-6-10-14-22/h5-14,23-24,26-27,31,35H,15-17H2,1-4H3,(H,34,36,37)/t24?,26-,27+,31-,33-/m1/s1. The topological polar surface area (TPSA) is 168 Å². The van der Waals surface area contributed by atoms with Crippen molar-refractivity contribution in [3.05, 3.63) is 77.6 Å². The molecule has 5 atom stereocenters. The van der Waals surface area contributed by atoms with Gasteiger partial charge in [0.05, 0.1) is 13.8 Å². The molecular weight excluding hydrogens is 610 g/mol. The van der Waals surface area contributed by atoms with Crippen LogP contribution in [0.2, 0.25) is 0 Å². The summed E-state index contributed by atoms with van der Waals surface area (Å²) in [5.74, 6) is -2.23. The summed E-state index contributed by atoms with van der Waals surface area (Å²) in [6.07, 6.45) is -3.77. The van der Waals surface area contributed by atoms with Gasteiger partial charge in [0.1, 0.15) is 11.8 Å². The molecule has 1 aliphatic carbocycles. The normalized spacial score (nSPS) is 23.9. The van der Waals surface area contributed by atoms with E-state index in [9.17, 15) is 19.2 Å². The highest BCUT2D eigenvalue weighted by Gasteiger charge is 2.75. The maximum atomic E-state index is 12.8. The van der Waals surface area contributed by atoms with Gasteiger partial charge in [-0.2, -0.15) is 0 Å². The molecule has 3 aliphatic rings. The Balaban J connectivity index is 1.36. The van der Waals surface area contributed by atoms with E-state index >= 15 is 0 Å². The van der Waals surface area contributed by atoms with Crippen LogP contribution in [0.5, 0.6) is 0 Å². The zero-order valence-electron chi connectivity index (χ0n) is 26.3. The van der Waals surface area contributed by atoms with E-state index in [1.54, 1.807) is 4.90 Å². The van der Waals surface area contributed by atoms with E-state index in [1.165, 1.54) is 27.9 Å². The minimum Gasteiger partial charge on any atom is -0.463 e. The number of hydrogen-bond acceptors (Lipinski definition) is 14. The lowest BCUT2D eigenvalue weighted by atomic mass is 9.91. The summed E-state index contributed by atoms with van der Waals surface area (Å²) in [6.45, 7) is 4.25. The molecule has 1 saturated carbocycles. The lowest BCUT2D eigenvalue weighted by Crippen LogP contribution is -2.48. The van der Waals surface area contributed by atoms with Crippen molar-refractivity contribution in [1.82, 2.24) is 9.97 Å². The van der Waals surface area contributed by atoms with E-state index in [1.807, 2.05) is 60.7 Å². The summed E-state index contributed by atoms with van der Waals surface area (Å²) in [5, 5.41) is 6.68. The van der Waals surface area contributed by atoms with Crippen LogP contribution >= 0.6 is 0 Å². The summed E-state index contributed by atoms with van der Waals surface area (Å²) in [5.41, 5.74) is 1.39. The summed E-state index contributed by atoms with van der Waals surface area (Å²) < 4.78 is 28.2. The van der Waals surface area contributed by atoms with Crippen LogP contribution in [-0.2, 0) is 38.1 Å². The molecular formula is C33H35N5O9. The quantitative estimate of drug-likeness (QED) is 0.244. The average Bonchev–Trinajstić information content (AvgIpc) is 3.41. The van der Waals surface area contributed by atoms with Crippen LogP contribution in [-0.4, -0.2) is 84.3 Å². The van der Waals surface area contributed by atoms with Gasteiger partial charge >= 0.3 is 23.9 Å². The second kappa shape index (κ2) is 12.9. The number of methoxy groups -OCH3 is 1. The number of nitrogens with one attached hydrogen (secondary N) is 2. The first-order chi connectivity index (χ1) is 22.6. The molecule has 246 valence electrons. The highest BCUT2D eigenvalue weighted by Crippen LogP contribution is 2.55. The molecule has 2 fully saturated rings. The average molecular weight is 646 g/mol. The molecule has 3 heterocycles. The number of nitrogens with zero attached hydrogens (tertiary/aromatic N) is 3. The molecule has 2 aliphatic heterocycles. The van der Waals surface area contributed by atoms with Gasteiger partial charge in [-0.15, -0.1) is 0 Å². The van der Waals surface area contributed by atoms with E-state index in [-0.39, 0.29) is 30.6 Å². The Morgan fingerprint density at radius 2 is 1.55 bits per heavy atom.